The van der Waals surface area contributed by atoms with Crippen LogP contribution in [0.1, 0.15) is 48.5 Å². The lowest BCUT2D eigenvalue weighted by Crippen LogP contribution is -2.05. The van der Waals surface area contributed by atoms with Crippen molar-refractivity contribution in [2.45, 2.75) is 20.0 Å². The predicted octanol–water partition coefficient (Wildman–Crippen LogP) is 11.6. The normalized spacial score (nSPS) is 10.7. The minimum atomic E-state index is -0.406. The second-order valence-electron chi connectivity index (χ2n) is 12.5. The Kier molecular flexibility index (Phi) is 10.7. The molecule has 0 unspecified atom stereocenters. The molecule has 0 aliphatic rings. The summed E-state index contributed by atoms with van der Waals surface area (Å²) in [5.41, 5.74) is 5.98. The minimum Gasteiger partial charge on any atom is -0.457 e. The molecule has 7 aromatic carbocycles. The molecule has 0 saturated carbocycles. The van der Waals surface area contributed by atoms with Crippen LogP contribution < -0.4 is 14.2 Å². The lowest BCUT2D eigenvalue weighted by Gasteiger charge is -2.10. The minimum absolute atomic E-state index is 0.111. The Hall–Kier alpha value is -6.92. The number of hydrogen-bond donors (Lipinski definition) is 0. The van der Waals surface area contributed by atoms with E-state index in [1.807, 2.05) is 78.9 Å². The number of ketones is 1. The first kappa shape index (κ1) is 34.5. The van der Waals surface area contributed by atoms with E-state index in [4.69, 9.17) is 18.9 Å². The molecule has 0 bridgehead atoms. The summed E-state index contributed by atoms with van der Waals surface area (Å²) in [6.07, 6.45) is 0.788. The molecule has 0 heterocycles. The van der Waals surface area contributed by atoms with Crippen LogP contribution in [0.4, 0.5) is 0 Å². The van der Waals surface area contributed by atoms with E-state index in [-0.39, 0.29) is 12.4 Å². The van der Waals surface area contributed by atoms with E-state index < -0.39 is 5.97 Å². The third-order valence-electron chi connectivity index (χ3n) is 8.52. The summed E-state index contributed by atoms with van der Waals surface area (Å²) >= 11 is 0. The average Bonchev–Trinajstić information content (AvgIpc) is 3.20. The van der Waals surface area contributed by atoms with E-state index in [1.54, 1.807) is 72.8 Å². The third kappa shape index (κ3) is 9.45. The fourth-order valence-electron chi connectivity index (χ4n) is 5.58. The number of aryl methyl sites for hydroxylation is 1. The van der Waals surface area contributed by atoms with Crippen LogP contribution in [0, 0.1) is 6.92 Å². The number of hydrogen-bond acceptors (Lipinski definition) is 6. The van der Waals surface area contributed by atoms with Crippen LogP contribution in [0.15, 0.2) is 176 Å². The smallest absolute Gasteiger partial charge is 0.338 e. The maximum Gasteiger partial charge on any atom is 0.338 e. The van der Waals surface area contributed by atoms with Gasteiger partial charge in [0.1, 0.15) is 41.1 Å². The van der Waals surface area contributed by atoms with E-state index in [1.165, 1.54) is 11.1 Å². The number of esters is 1. The fourth-order valence-corrected chi connectivity index (χ4v) is 5.58. The van der Waals surface area contributed by atoms with Crippen molar-refractivity contribution >= 4 is 11.8 Å². The molecule has 6 heteroatoms. The predicted molar refractivity (Wildman–Crippen MR) is 205 cm³/mol. The third-order valence-corrected chi connectivity index (χ3v) is 8.52. The van der Waals surface area contributed by atoms with Crippen molar-refractivity contribution in [3.05, 3.63) is 215 Å². The summed E-state index contributed by atoms with van der Waals surface area (Å²) in [5, 5.41) is 0. The van der Waals surface area contributed by atoms with Crippen LogP contribution in [0.2, 0.25) is 0 Å². The molecule has 0 aliphatic heterocycles. The van der Waals surface area contributed by atoms with Crippen LogP contribution in [0.5, 0.6) is 34.5 Å². The summed E-state index contributed by atoms with van der Waals surface area (Å²) in [6.45, 7) is 2.26. The second-order valence-corrected chi connectivity index (χ2v) is 12.5. The van der Waals surface area contributed by atoms with E-state index in [0.717, 1.165) is 29.0 Å². The van der Waals surface area contributed by atoms with Gasteiger partial charge in [-0.15, -0.1) is 0 Å². The quantitative estimate of drug-likeness (QED) is 0.0883. The number of ether oxygens (including phenoxy) is 4. The highest BCUT2D eigenvalue weighted by Gasteiger charge is 2.12. The van der Waals surface area contributed by atoms with Gasteiger partial charge in [-0.25, -0.2) is 4.79 Å². The molecule has 0 aromatic heterocycles. The lowest BCUT2D eigenvalue weighted by molar-refractivity contribution is 0.0472. The van der Waals surface area contributed by atoms with E-state index in [9.17, 15) is 9.59 Å². The van der Waals surface area contributed by atoms with Gasteiger partial charge < -0.3 is 18.9 Å². The van der Waals surface area contributed by atoms with Crippen molar-refractivity contribution in [3.8, 4) is 34.5 Å². The first-order valence-corrected chi connectivity index (χ1v) is 17.3. The van der Waals surface area contributed by atoms with Crippen molar-refractivity contribution in [1.29, 1.82) is 0 Å². The van der Waals surface area contributed by atoms with Crippen molar-refractivity contribution in [2.75, 3.05) is 0 Å². The molecular weight excluding hydrogens is 661 g/mol. The Balaban J connectivity index is 0.878. The Morgan fingerprint density at radius 3 is 1.17 bits per heavy atom. The van der Waals surface area contributed by atoms with Crippen LogP contribution in [0.25, 0.3) is 0 Å². The molecule has 6 nitrogen and oxygen atoms in total. The Labute approximate surface area is 308 Å². The van der Waals surface area contributed by atoms with Crippen molar-refractivity contribution < 1.29 is 28.5 Å². The van der Waals surface area contributed by atoms with Gasteiger partial charge in [-0.2, -0.15) is 0 Å². The summed E-state index contributed by atoms with van der Waals surface area (Å²) in [6, 6.07) is 54.4. The van der Waals surface area contributed by atoms with Gasteiger partial charge in [0.25, 0.3) is 0 Å². The zero-order valence-electron chi connectivity index (χ0n) is 29.1. The lowest BCUT2D eigenvalue weighted by atomic mass is 10.0. The fraction of sp³-hybridized carbons (Fsp3) is 0.0638. The van der Waals surface area contributed by atoms with Gasteiger partial charge in [0, 0.05) is 11.1 Å². The summed E-state index contributed by atoms with van der Waals surface area (Å²) in [7, 11) is 0. The topological polar surface area (TPSA) is 71.1 Å². The molecule has 0 aliphatic carbocycles. The Bertz CT molecular complexity index is 2260. The molecule has 0 amide bonds. The molecule has 7 rings (SSSR count). The van der Waals surface area contributed by atoms with Gasteiger partial charge in [-0.05, 0) is 139 Å². The van der Waals surface area contributed by atoms with Crippen LogP contribution in [0.3, 0.4) is 0 Å². The molecule has 0 fully saturated rings. The highest BCUT2D eigenvalue weighted by atomic mass is 16.5. The molecule has 0 spiro atoms. The van der Waals surface area contributed by atoms with Crippen molar-refractivity contribution in [2.24, 2.45) is 0 Å². The second kappa shape index (κ2) is 16.4. The van der Waals surface area contributed by atoms with Crippen molar-refractivity contribution in [1.82, 2.24) is 0 Å². The van der Waals surface area contributed by atoms with Crippen LogP contribution in [-0.2, 0) is 17.8 Å². The van der Waals surface area contributed by atoms with Gasteiger partial charge >= 0.3 is 5.97 Å². The van der Waals surface area contributed by atoms with Crippen LogP contribution in [-0.4, -0.2) is 11.8 Å². The number of rotatable bonds is 13. The molecule has 260 valence electrons. The monoisotopic (exact) mass is 696 g/mol. The van der Waals surface area contributed by atoms with Gasteiger partial charge in [0.15, 0.2) is 5.78 Å². The zero-order chi connectivity index (χ0) is 36.4. The molecule has 0 atom stereocenters. The number of carbonyl (C=O) groups is 2. The van der Waals surface area contributed by atoms with E-state index in [2.05, 4.69) is 31.2 Å². The molecule has 53 heavy (non-hydrogen) atoms. The SMILES string of the molecule is Cc1ccc(Oc2ccc(Cc3ccc(Oc4ccc(C(=O)c5ccc(Oc6ccc(C(=O)OCc7ccccc7)cc6)cc5)cc4)cc3)cc2)cc1. The summed E-state index contributed by atoms with van der Waals surface area (Å²) in [4.78, 5) is 25.6. The highest BCUT2D eigenvalue weighted by molar-refractivity contribution is 6.09. The van der Waals surface area contributed by atoms with Gasteiger partial charge in [0.05, 0.1) is 5.56 Å². The largest absolute Gasteiger partial charge is 0.457 e. The molecular formula is C47H36O6. The van der Waals surface area contributed by atoms with Crippen molar-refractivity contribution in [3.63, 3.8) is 0 Å². The number of carbonyl (C=O) groups excluding carboxylic acids is 2. The first-order chi connectivity index (χ1) is 25.9. The Morgan fingerprint density at radius 2 is 0.755 bits per heavy atom. The zero-order valence-corrected chi connectivity index (χ0v) is 29.1. The maximum absolute atomic E-state index is 13.2. The molecule has 7 aromatic rings. The van der Waals surface area contributed by atoms with Gasteiger partial charge in [0.2, 0.25) is 0 Å². The molecule has 0 N–H and O–H groups in total. The average molecular weight is 697 g/mol. The van der Waals surface area contributed by atoms with Crippen LogP contribution >= 0.6 is 0 Å². The standard InChI is InChI=1S/C47H36O6/c1-33-7-19-40(20-8-33)51-41-21-9-34(10-22-41)31-35-11-23-42(24-12-35)52-43-25-13-37(14-26-43)46(48)38-15-27-44(28-16-38)53-45-29-17-39(18-30-45)47(49)50-32-36-5-3-2-4-6-36/h2-30H,31-32H2,1H3. The molecule has 0 saturated heterocycles. The summed E-state index contributed by atoms with van der Waals surface area (Å²) < 4.78 is 23.3. The van der Waals surface area contributed by atoms with E-state index >= 15 is 0 Å². The maximum atomic E-state index is 13.2. The Morgan fingerprint density at radius 1 is 0.396 bits per heavy atom. The number of benzene rings is 7. The van der Waals surface area contributed by atoms with Gasteiger partial charge in [-0.1, -0.05) is 72.3 Å². The highest BCUT2D eigenvalue weighted by Crippen LogP contribution is 2.27. The van der Waals surface area contributed by atoms with Gasteiger partial charge in [-0.3, -0.25) is 4.79 Å². The van der Waals surface area contributed by atoms with E-state index in [0.29, 0.717) is 39.7 Å². The molecule has 0 radical (unpaired) electrons. The summed E-state index contributed by atoms with van der Waals surface area (Å²) in [5.74, 6) is 3.58. The first-order valence-electron chi connectivity index (χ1n) is 17.3.